The van der Waals surface area contributed by atoms with E-state index in [-0.39, 0.29) is 6.42 Å². The minimum Gasteiger partial charge on any atom is -0.444 e. The predicted octanol–water partition coefficient (Wildman–Crippen LogP) is 3.73. The maximum atomic E-state index is 13.1. The minimum atomic E-state index is -2.79. The number of halogens is 2. The summed E-state index contributed by atoms with van der Waals surface area (Å²) in [5.74, 6) is -2.79. The van der Waals surface area contributed by atoms with Crippen molar-refractivity contribution in [3.63, 3.8) is 0 Å². The van der Waals surface area contributed by atoms with Crippen LogP contribution in [0.1, 0.15) is 53.9 Å². The molecule has 1 aliphatic carbocycles. The van der Waals surface area contributed by atoms with Crippen molar-refractivity contribution in [2.75, 3.05) is 0 Å². The largest absolute Gasteiger partial charge is 0.444 e. The van der Waals surface area contributed by atoms with E-state index in [9.17, 15) is 13.6 Å². The molecule has 17 heavy (non-hydrogen) atoms. The molecule has 1 unspecified atom stereocenters. The Kier molecular flexibility index (Phi) is 5.85. The molecule has 0 radical (unpaired) electrons. The quantitative estimate of drug-likeness (QED) is 0.771. The lowest BCUT2D eigenvalue weighted by atomic mass is 10.2. The number of carbonyl (C=O) groups is 1. The number of ether oxygens (including phenoxy) is 1. The topological polar surface area (TPSA) is 38.3 Å². The molecule has 0 aliphatic heterocycles. The average Bonchev–Trinajstić information content (AvgIpc) is 2.46. The van der Waals surface area contributed by atoms with Crippen molar-refractivity contribution in [1.82, 2.24) is 5.32 Å². The molecule has 1 aliphatic rings. The van der Waals surface area contributed by atoms with E-state index < -0.39 is 23.7 Å². The molecule has 102 valence electrons. The van der Waals surface area contributed by atoms with Crippen molar-refractivity contribution in [3.05, 3.63) is 0 Å². The Balaban J connectivity index is 0.00000121. The molecule has 0 saturated heterocycles. The summed E-state index contributed by atoms with van der Waals surface area (Å²) in [4.78, 5) is 11.2. The van der Waals surface area contributed by atoms with Crippen molar-refractivity contribution in [2.45, 2.75) is 71.4 Å². The summed E-state index contributed by atoms with van der Waals surface area (Å²) in [6, 6.07) is -1.08. The molecule has 0 aromatic rings. The summed E-state index contributed by atoms with van der Waals surface area (Å²) in [6.45, 7) is 9.08. The van der Waals surface area contributed by atoms with Gasteiger partial charge in [0.2, 0.25) is 0 Å². The van der Waals surface area contributed by atoms with Gasteiger partial charge >= 0.3 is 6.09 Å². The molecule has 1 amide bonds. The number of carbonyl (C=O) groups excluding carboxylic acids is 1. The first kappa shape index (κ1) is 16.1. The first-order valence-electron chi connectivity index (χ1n) is 6.08. The van der Waals surface area contributed by atoms with Crippen LogP contribution in [0.15, 0.2) is 0 Å². The van der Waals surface area contributed by atoms with Crippen molar-refractivity contribution >= 4 is 6.09 Å². The number of hydrogen-bond acceptors (Lipinski definition) is 2. The Morgan fingerprint density at radius 2 is 1.88 bits per heavy atom. The Hall–Kier alpha value is -0.870. The summed E-state index contributed by atoms with van der Waals surface area (Å²) in [7, 11) is 0. The van der Waals surface area contributed by atoms with Crippen LogP contribution in [0.2, 0.25) is 0 Å². The van der Waals surface area contributed by atoms with Crippen molar-refractivity contribution < 1.29 is 18.3 Å². The van der Waals surface area contributed by atoms with Gasteiger partial charge in [-0.25, -0.2) is 13.6 Å². The third-order valence-electron chi connectivity index (χ3n) is 2.20. The zero-order chi connectivity index (χ0) is 13.7. The van der Waals surface area contributed by atoms with Crippen molar-refractivity contribution in [1.29, 1.82) is 0 Å². The first-order valence-corrected chi connectivity index (χ1v) is 6.08. The molecular formula is C12H23F2NO2. The molecule has 1 N–H and O–H groups in total. The highest BCUT2D eigenvalue weighted by Crippen LogP contribution is 2.35. The molecule has 1 atom stereocenters. The smallest absolute Gasteiger partial charge is 0.408 e. The third-order valence-corrected chi connectivity index (χ3v) is 2.20. The van der Waals surface area contributed by atoms with Gasteiger partial charge in [-0.15, -0.1) is 0 Å². The van der Waals surface area contributed by atoms with Gasteiger partial charge in [0.15, 0.2) is 0 Å². The van der Waals surface area contributed by atoms with E-state index in [1.54, 1.807) is 20.8 Å². The zero-order valence-corrected chi connectivity index (χ0v) is 11.3. The fourth-order valence-corrected chi connectivity index (χ4v) is 1.55. The Bertz CT molecular complexity index is 249. The second-order valence-corrected chi connectivity index (χ2v) is 4.85. The zero-order valence-electron chi connectivity index (χ0n) is 11.3. The average molecular weight is 251 g/mol. The van der Waals surface area contributed by atoms with Crippen LogP contribution in [0.25, 0.3) is 0 Å². The predicted molar refractivity (Wildman–Crippen MR) is 63.3 cm³/mol. The van der Waals surface area contributed by atoms with Crippen LogP contribution in [0.5, 0.6) is 0 Å². The van der Waals surface area contributed by atoms with E-state index in [1.807, 2.05) is 13.8 Å². The van der Waals surface area contributed by atoms with Crippen LogP contribution in [0, 0.1) is 0 Å². The van der Waals surface area contributed by atoms with Crippen LogP contribution < -0.4 is 5.32 Å². The highest BCUT2D eigenvalue weighted by atomic mass is 19.3. The lowest BCUT2D eigenvalue weighted by Gasteiger charge is -2.24. The fraction of sp³-hybridized carbons (Fsp3) is 0.917. The Labute approximate surface area is 102 Å². The molecule has 1 fully saturated rings. The van der Waals surface area contributed by atoms with Gasteiger partial charge in [0.05, 0.1) is 6.04 Å². The van der Waals surface area contributed by atoms with Crippen LogP contribution in [0.4, 0.5) is 13.6 Å². The number of rotatable bonds is 1. The van der Waals surface area contributed by atoms with Crippen LogP contribution in [-0.2, 0) is 4.74 Å². The van der Waals surface area contributed by atoms with Gasteiger partial charge in [0.1, 0.15) is 5.60 Å². The van der Waals surface area contributed by atoms with Gasteiger partial charge in [0.25, 0.3) is 5.92 Å². The molecule has 0 heterocycles. The lowest BCUT2D eigenvalue weighted by Crippen LogP contribution is -2.45. The Morgan fingerprint density at radius 1 is 1.35 bits per heavy atom. The van der Waals surface area contributed by atoms with Crippen LogP contribution in [0.3, 0.4) is 0 Å². The molecular weight excluding hydrogens is 228 g/mol. The van der Waals surface area contributed by atoms with Gasteiger partial charge in [0, 0.05) is 6.42 Å². The molecule has 0 aromatic heterocycles. The minimum absolute atomic E-state index is 0.159. The summed E-state index contributed by atoms with van der Waals surface area (Å²) >= 11 is 0. The van der Waals surface area contributed by atoms with Crippen molar-refractivity contribution in [3.8, 4) is 0 Å². The lowest BCUT2D eigenvalue weighted by molar-refractivity contribution is -0.0231. The summed E-state index contributed by atoms with van der Waals surface area (Å²) in [6.07, 6.45) is -0.179. The van der Waals surface area contributed by atoms with E-state index >= 15 is 0 Å². The van der Waals surface area contributed by atoms with E-state index in [1.165, 1.54) is 0 Å². The summed E-state index contributed by atoms with van der Waals surface area (Å²) < 4.78 is 31.2. The SMILES string of the molecule is CC.CC(C)(C)OC(=O)NC1CCCC1(F)F. The molecule has 0 aromatic carbocycles. The van der Waals surface area contributed by atoms with E-state index in [0.29, 0.717) is 12.8 Å². The van der Waals surface area contributed by atoms with Gasteiger partial charge in [-0.2, -0.15) is 0 Å². The maximum absolute atomic E-state index is 13.1. The van der Waals surface area contributed by atoms with Crippen LogP contribution >= 0.6 is 0 Å². The third kappa shape index (κ3) is 5.84. The highest BCUT2D eigenvalue weighted by Gasteiger charge is 2.45. The normalized spacial score (nSPS) is 22.4. The highest BCUT2D eigenvalue weighted by molar-refractivity contribution is 5.68. The number of amides is 1. The second-order valence-electron chi connectivity index (χ2n) is 4.85. The van der Waals surface area contributed by atoms with E-state index in [2.05, 4.69) is 5.32 Å². The first-order chi connectivity index (χ1) is 7.71. The Morgan fingerprint density at radius 3 is 2.24 bits per heavy atom. The number of alkyl carbamates (subject to hydrolysis) is 1. The van der Waals surface area contributed by atoms with Crippen LogP contribution in [-0.4, -0.2) is 23.7 Å². The second kappa shape index (κ2) is 6.17. The summed E-state index contributed by atoms with van der Waals surface area (Å²) in [5.41, 5.74) is -0.655. The van der Waals surface area contributed by atoms with Gasteiger partial charge < -0.3 is 10.1 Å². The monoisotopic (exact) mass is 251 g/mol. The molecule has 0 bridgehead atoms. The number of alkyl halides is 2. The standard InChI is InChI=1S/C10H17F2NO2.C2H6/c1-9(2,3)15-8(14)13-7-5-4-6-10(7,11)12;1-2/h7H,4-6H2,1-3H3,(H,13,14);1-2H3. The maximum Gasteiger partial charge on any atom is 0.408 e. The van der Waals surface area contributed by atoms with Gasteiger partial charge in [-0.3, -0.25) is 0 Å². The van der Waals surface area contributed by atoms with Crippen molar-refractivity contribution in [2.24, 2.45) is 0 Å². The van der Waals surface area contributed by atoms with E-state index in [0.717, 1.165) is 0 Å². The molecule has 3 nitrogen and oxygen atoms in total. The fourth-order valence-electron chi connectivity index (χ4n) is 1.55. The molecule has 0 spiro atoms. The number of hydrogen-bond donors (Lipinski definition) is 1. The molecule has 1 saturated carbocycles. The van der Waals surface area contributed by atoms with Gasteiger partial charge in [-0.05, 0) is 33.6 Å². The molecule has 1 rings (SSSR count). The molecule has 5 heteroatoms. The van der Waals surface area contributed by atoms with Gasteiger partial charge in [-0.1, -0.05) is 13.8 Å². The summed E-state index contributed by atoms with van der Waals surface area (Å²) in [5, 5.41) is 2.21. The number of nitrogens with one attached hydrogen (secondary N) is 1. The van der Waals surface area contributed by atoms with E-state index in [4.69, 9.17) is 4.74 Å².